The average Bonchev–Trinajstić information content (AvgIpc) is 2.47. The van der Waals surface area contributed by atoms with Gasteiger partial charge in [-0.1, -0.05) is 23.7 Å². The first-order valence-corrected chi connectivity index (χ1v) is 6.59. The van der Waals surface area contributed by atoms with Gasteiger partial charge in [0, 0.05) is 28.5 Å². The van der Waals surface area contributed by atoms with Gasteiger partial charge >= 0.3 is 6.09 Å². The summed E-state index contributed by atoms with van der Waals surface area (Å²) in [6, 6.07) is 11.6. The number of anilines is 2. The monoisotopic (exact) mass is 308 g/mol. The fraction of sp³-hybridized carbons (Fsp3) is 0.133. The van der Waals surface area contributed by atoms with Crippen molar-refractivity contribution in [1.82, 2.24) is 0 Å². The van der Waals surface area contributed by atoms with Crippen molar-refractivity contribution in [2.75, 3.05) is 17.7 Å². The van der Waals surface area contributed by atoms with E-state index >= 15 is 0 Å². The van der Waals surface area contributed by atoms with Crippen LogP contribution in [0.5, 0.6) is 0 Å². The highest BCUT2D eigenvalue weighted by molar-refractivity contribution is 6.31. The molecule has 0 saturated carbocycles. The molecule has 21 heavy (non-hydrogen) atoms. The minimum atomic E-state index is -0.552. The highest BCUT2D eigenvalue weighted by Crippen LogP contribution is 2.21. The maximum atomic E-state index is 13.7. The molecule has 0 aliphatic carbocycles. The quantitative estimate of drug-likeness (QED) is 0.887. The molecule has 0 atom stereocenters. The van der Waals surface area contributed by atoms with Crippen LogP contribution >= 0.6 is 11.6 Å². The molecule has 2 N–H and O–H groups in total. The van der Waals surface area contributed by atoms with E-state index in [1.165, 1.54) is 13.2 Å². The number of benzene rings is 2. The summed E-state index contributed by atoms with van der Waals surface area (Å²) in [5.41, 5.74) is 1.69. The third-order valence-electron chi connectivity index (χ3n) is 2.83. The van der Waals surface area contributed by atoms with E-state index in [1.54, 1.807) is 36.4 Å². The van der Waals surface area contributed by atoms with Crippen LogP contribution in [0.4, 0.5) is 20.6 Å². The third kappa shape index (κ3) is 4.10. The maximum absolute atomic E-state index is 13.7. The summed E-state index contributed by atoms with van der Waals surface area (Å²) >= 11 is 5.96. The number of amides is 1. The van der Waals surface area contributed by atoms with Gasteiger partial charge in [-0.05, 0) is 30.3 Å². The predicted molar refractivity (Wildman–Crippen MR) is 81.2 cm³/mol. The first-order valence-electron chi connectivity index (χ1n) is 6.22. The number of ether oxygens (including phenoxy) is 1. The zero-order valence-corrected chi connectivity index (χ0v) is 12.1. The summed E-state index contributed by atoms with van der Waals surface area (Å²) in [6.45, 7) is 0.243. The highest BCUT2D eigenvalue weighted by Gasteiger charge is 2.07. The Morgan fingerprint density at radius 3 is 2.67 bits per heavy atom. The minimum absolute atomic E-state index is 0.243. The van der Waals surface area contributed by atoms with E-state index in [-0.39, 0.29) is 12.4 Å². The number of rotatable bonds is 4. The lowest BCUT2D eigenvalue weighted by Crippen LogP contribution is -2.11. The van der Waals surface area contributed by atoms with Gasteiger partial charge in [-0.15, -0.1) is 0 Å². The zero-order valence-electron chi connectivity index (χ0n) is 11.3. The van der Waals surface area contributed by atoms with Gasteiger partial charge < -0.3 is 10.1 Å². The summed E-state index contributed by atoms with van der Waals surface area (Å²) < 4.78 is 18.2. The van der Waals surface area contributed by atoms with Gasteiger partial charge in [0.05, 0.1) is 7.11 Å². The fourth-order valence-corrected chi connectivity index (χ4v) is 2.00. The fourth-order valence-electron chi connectivity index (χ4n) is 1.77. The second kappa shape index (κ2) is 6.95. The molecule has 2 rings (SSSR count). The van der Waals surface area contributed by atoms with Crippen molar-refractivity contribution in [3.8, 4) is 0 Å². The lowest BCUT2D eigenvalue weighted by Gasteiger charge is -2.10. The molecule has 0 unspecified atom stereocenters. The van der Waals surface area contributed by atoms with Gasteiger partial charge in [0.1, 0.15) is 5.82 Å². The Labute approximate surface area is 126 Å². The summed E-state index contributed by atoms with van der Waals surface area (Å²) in [4.78, 5) is 11.1. The summed E-state index contributed by atoms with van der Waals surface area (Å²) in [5.74, 6) is -0.362. The smallest absolute Gasteiger partial charge is 0.411 e. The van der Waals surface area contributed by atoms with Crippen LogP contribution in [0.1, 0.15) is 5.56 Å². The number of carbonyl (C=O) groups excluding carboxylic acids is 1. The summed E-state index contributed by atoms with van der Waals surface area (Å²) in [6.07, 6.45) is -0.552. The van der Waals surface area contributed by atoms with E-state index in [0.29, 0.717) is 16.3 Å². The maximum Gasteiger partial charge on any atom is 0.411 e. The van der Waals surface area contributed by atoms with E-state index in [1.807, 2.05) is 0 Å². The largest absolute Gasteiger partial charge is 0.453 e. The number of hydrogen-bond acceptors (Lipinski definition) is 3. The minimum Gasteiger partial charge on any atom is -0.453 e. The number of carbonyl (C=O) groups is 1. The molecule has 1 amide bonds. The van der Waals surface area contributed by atoms with Crippen LogP contribution in [0.3, 0.4) is 0 Å². The number of nitrogens with one attached hydrogen (secondary N) is 2. The Bertz CT molecular complexity index is 629. The number of methoxy groups -OCH3 is 1. The SMILES string of the molecule is COC(=O)Nc1cccc(NCc2c(F)cccc2Cl)c1. The lowest BCUT2D eigenvalue weighted by molar-refractivity contribution is 0.187. The molecule has 110 valence electrons. The Morgan fingerprint density at radius 1 is 1.24 bits per heavy atom. The molecule has 0 radical (unpaired) electrons. The molecule has 0 saturated heterocycles. The molecule has 0 spiro atoms. The lowest BCUT2D eigenvalue weighted by atomic mass is 10.2. The van der Waals surface area contributed by atoms with Crippen LogP contribution in [0.2, 0.25) is 5.02 Å². The summed E-state index contributed by atoms with van der Waals surface area (Å²) in [7, 11) is 1.29. The number of hydrogen-bond donors (Lipinski definition) is 2. The molecule has 0 aliphatic heterocycles. The number of halogens is 2. The highest BCUT2D eigenvalue weighted by atomic mass is 35.5. The topological polar surface area (TPSA) is 50.4 Å². The second-order valence-corrected chi connectivity index (χ2v) is 4.66. The van der Waals surface area contributed by atoms with Crippen molar-refractivity contribution in [2.45, 2.75) is 6.54 Å². The van der Waals surface area contributed by atoms with Gasteiger partial charge in [-0.3, -0.25) is 5.32 Å². The van der Waals surface area contributed by atoms with Gasteiger partial charge in [0.2, 0.25) is 0 Å². The van der Waals surface area contributed by atoms with E-state index < -0.39 is 6.09 Å². The Balaban J connectivity index is 2.07. The van der Waals surface area contributed by atoms with Crippen LogP contribution < -0.4 is 10.6 Å². The van der Waals surface area contributed by atoms with Crippen molar-refractivity contribution < 1.29 is 13.9 Å². The molecular formula is C15H14ClFN2O2. The average molecular weight is 309 g/mol. The Hall–Kier alpha value is -2.27. The van der Waals surface area contributed by atoms with Crippen LogP contribution in [-0.2, 0) is 11.3 Å². The van der Waals surface area contributed by atoms with Gasteiger partial charge in [0.25, 0.3) is 0 Å². The molecule has 4 nitrogen and oxygen atoms in total. The molecule has 2 aromatic rings. The molecule has 0 aromatic heterocycles. The molecule has 6 heteroatoms. The van der Waals surface area contributed by atoms with Crippen molar-refractivity contribution in [3.05, 3.63) is 58.9 Å². The van der Waals surface area contributed by atoms with E-state index in [0.717, 1.165) is 5.69 Å². The molecule has 0 fully saturated rings. The van der Waals surface area contributed by atoms with E-state index in [2.05, 4.69) is 15.4 Å². The van der Waals surface area contributed by atoms with Crippen LogP contribution in [-0.4, -0.2) is 13.2 Å². The van der Waals surface area contributed by atoms with Gasteiger partial charge in [-0.25, -0.2) is 9.18 Å². The molecule has 0 heterocycles. The van der Waals surface area contributed by atoms with Gasteiger partial charge in [0.15, 0.2) is 0 Å². The van der Waals surface area contributed by atoms with Crippen LogP contribution in [0, 0.1) is 5.82 Å². The Kier molecular flexibility index (Phi) is 5.00. The summed E-state index contributed by atoms with van der Waals surface area (Å²) in [5, 5.41) is 5.98. The molecule has 2 aromatic carbocycles. The van der Waals surface area contributed by atoms with E-state index in [4.69, 9.17) is 11.6 Å². The van der Waals surface area contributed by atoms with Crippen LogP contribution in [0.15, 0.2) is 42.5 Å². The van der Waals surface area contributed by atoms with Crippen molar-refractivity contribution in [1.29, 1.82) is 0 Å². The Morgan fingerprint density at radius 2 is 1.95 bits per heavy atom. The second-order valence-electron chi connectivity index (χ2n) is 4.25. The van der Waals surface area contributed by atoms with Crippen molar-refractivity contribution in [3.63, 3.8) is 0 Å². The van der Waals surface area contributed by atoms with E-state index in [9.17, 15) is 9.18 Å². The van der Waals surface area contributed by atoms with Gasteiger partial charge in [-0.2, -0.15) is 0 Å². The molecule has 0 bridgehead atoms. The zero-order chi connectivity index (χ0) is 15.2. The normalized spacial score (nSPS) is 10.0. The molecular weight excluding hydrogens is 295 g/mol. The molecule has 0 aliphatic rings. The van der Waals surface area contributed by atoms with Crippen LogP contribution in [0.25, 0.3) is 0 Å². The standard InChI is InChI=1S/C15H14ClFN2O2/c1-21-15(20)19-11-5-2-4-10(8-11)18-9-12-13(16)6-3-7-14(12)17/h2-8,18H,9H2,1H3,(H,19,20). The third-order valence-corrected chi connectivity index (χ3v) is 3.18. The van der Waals surface area contributed by atoms with Crippen molar-refractivity contribution in [2.24, 2.45) is 0 Å². The first kappa shape index (κ1) is 15.1. The first-order chi connectivity index (χ1) is 10.1. The predicted octanol–water partition coefficient (Wildman–Crippen LogP) is 4.27. The van der Waals surface area contributed by atoms with Crippen molar-refractivity contribution >= 4 is 29.1 Å².